The largest absolute Gasteiger partial charge is 0.489 e. The lowest BCUT2D eigenvalue weighted by Gasteiger charge is -2.31. The van der Waals surface area contributed by atoms with Gasteiger partial charge in [-0.25, -0.2) is 14.3 Å². The fraction of sp³-hybridized carbons (Fsp3) is 0.333. The number of fused-ring (bicyclic) bond motifs is 2. The number of anilines is 1. The highest BCUT2D eigenvalue weighted by atomic mass is 16.5. The second kappa shape index (κ2) is 7.47. The Balaban J connectivity index is 1.34. The van der Waals surface area contributed by atoms with E-state index >= 15 is 0 Å². The number of carbonyl (C=O) groups is 2. The molecule has 3 heterocycles. The van der Waals surface area contributed by atoms with Crippen LogP contribution in [0.15, 0.2) is 47.5 Å². The molecule has 0 aliphatic carbocycles. The predicted octanol–water partition coefficient (Wildman–Crippen LogP) is 2.38. The summed E-state index contributed by atoms with van der Waals surface area (Å²) in [7, 11) is 3.17. The minimum Gasteiger partial charge on any atom is -0.489 e. The molecule has 2 aromatic carbocycles. The molecule has 5 rings (SSSR count). The Kier molecular flexibility index (Phi) is 4.73. The summed E-state index contributed by atoms with van der Waals surface area (Å²) in [6.07, 6.45) is 0. The van der Waals surface area contributed by atoms with E-state index in [9.17, 15) is 9.59 Å². The molecule has 0 saturated carbocycles. The van der Waals surface area contributed by atoms with Crippen molar-refractivity contribution >= 4 is 29.4 Å². The van der Waals surface area contributed by atoms with Crippen molar-refractivity contribution in [2.45, 2.75) is 26.5 Å². The monoisotopic (exact) mass is 432 g/mol. The number of amides is 3. The predicted molar refractivity (Wildman–Crippen MR) is 121 cm³/mol. The smallest absolute Gasteiger partial charge is 0.397 e. The molecule has 3 aliphatic rings. The lowest BCUT2D eigenvalue weighted by Crippen LogP contribution is -2.61. The number of imide groups is 1. The average molecular weight is 433 g/mol. The zero-order chi connectivity index (χ0) is 22.6. The number of urea groups is 1. The van der Waals surface area contributed by atoms with Gasteiger partial charge in [-0.3, -0.25) is 14.6 Å². The van der Waals surface area contributed by atoms with E-state index in [1.54, 1.807) is 7.05 Å². The molecule has 32 heavy (non-hydrogen) atoms. The molecular weight excluding hydrogens is 406 g/mol. The van der Waals surface area contributed by atoms with E-state index in [-0.39, 0.29) is 11.9 Å². The van der Waals surface area contributed by atoms with Gasteiger partial charge in [0.1, 0.15) is 24.6 Å². The van der Waals surface area contributed by atoms with Crippen molar-refractivity contribution in [1.82, 2.24) is 9.80 Å². The highest BCUT2D eigenvalue weighted by Crippen LogP contribution is 2.28. The summed E-state index contributed by atoms with van der Waals surface area (Å²) in [5, 5.41) is 0. The number of aryl methyl sites for hydroxylation is 2. The minimum absolute atomic E-state index is 0.237. The van der Waals surface area contributed by atoms with E-state index in [4.69, 9.17) is 4.74 Å². The van der Waals surface area contributed by atoms with Crippen LogP contribution < -0.4 is 9.64 Å². The molecule has 0 radical (unpaired) electrons. The van der Waals surface area contributed by atoms with Crippen LogP contribution in [0, 0.1) is 13.8 Å². The first-order chi connectivity index (χ1) is 15.3. The van der Waals surface area contributed by atoms with Crippen molar-refractivity contribution in [3.05, 3.63) is 59.2 Å². The van der Waals surface area contributed by atoms with Crippen LogP contribution in [-0.2, 0) is 11.4 Å². The normalized spacial score (nSPS) is 20.1. The first-order valence-corrected chi connectivity index (χ1v) is 10.7. The van der Waals surface area contributed by atoms with E-state index in [1.165, 1.54) is 28.6 Å². The number of aliphatic imine (C=N–C) groups is 1. The fourth-order valence-corrected chi connectivity index (χ4v) is 4.42. The quantitative estimate of drug-likeness (QED) is 0.696. The standard InChI is InChI=1S/C24H26N5O3/c1-15-5-6-16(2)17(13-15)14-32-19-9-7-18(8-10-19)28-11-12-29-20-21(25-23(28)29)26(3)24(31)27(4)22(20)30/h5-10,13,20H,11-12,14H2,1-4H3/q+1. The number of ether oxygens (including phenoxy) is 1. The molecule has 1 unspecified atom stereocenters. The van der Waals surface area contributed by atoms with Crippen LogP contribution in [0.1, 0.15) is 16.7 Å². The van der Waals surface area contributed by atoms with Crippen LogP contribution in [0.3, 0.4) is 0 Å². The number of likely N-dealkylation sites (N-methyl/N-ethyl adjacent to an activating group) is 2. The molecule has 1 fully saturated rings. The summed E-state index contributed by atoms with van der Waals surface area (Å²) in [4.78, 5) is 34.4. The van der Waals surface area contributed by atoms with E-state index in [0.29, 0.717) is 24.9 Å². The molecule has 3 aliphatic heterocycles. The van der Waals surface area contributed by atoms with E-state index in [0.717, 1.165) is 22.9 Å². The van der Waals surface area contributed by atoms with Gasteiger partial charge in [0.2, 0.25) is 11.9 Å². The summed E-state index contributed by atoms with van der Waals surface area (Å²) in [5.74, 6) is 1.76. The second-order valence-electron chi connectivity index (χ2n) is 8.47. The van der Waals surface area contributed by atoms with Crippen molar-refractivity contribution in [1.29, 1.82) is 0 Å². The number of benzene rings is 2. The van der Waals surface area contributed by atoms with Gasteiger partial charge in [-0.1, -0.05) is 28.8 Å². The number of amidine groups is 1. The number of hydrogen-bond donors (Lipinski definition) is 0. The first kappa shape index (κ1) is 20.2. The maximum Gasteiger partial charge on any atom is 0.397 e. The number of guanidine groups is 1. The number of carbonyl (C=O) groups excluding carboxylic acids is 2. The van der Waals surface area contributed by atoms with E-state index in [1.807, 2.05) is 28.8 Å². The van der Waals surface area contributed by atoms with Gasteiger partial charge in [-0.15, -0.1) is 0 Å². The first-order valence-electron chi connectivity index (χ1n) is 10.7. The molecule has 164 valence electrons. The van der Waals surface area contributed by atoms with Crippen LogP contribution in [0.25, 0.3) is 0 Å². The van der Waals surface area contributed by atoms with Crippen LogP contribution in [-0.4, -0.2) is 71.3 Å². The highest BCUT2D eigenvalue weighted by Gasteiger charge is 2.54. The average Bonchev–Trinajstić information content (AvgIpc) is 3.37. The Bertz CT molecular complexity index is 1180. The Morgan fingerprint density at radius 1 is 1.06 bits per heavy atom. The third-order valence-corrected chi connectivity index (χ3v) is 6.36. The molecular formula is C24H26N5O3+. The maximum atomic E-state index is 12.7. The van der Waals surface area contributed by atoms with Crippen molar-refractivity contribution < 1.29 is 18.9 Å². The Morgan fingerprint density at radius 3 is 2.56 bits per heavy atom. The molecule has 8 nitrogen and oxygen atoms in total. The van der Waals surface area contributed by atoms with Gasteiger partial charge < -0.3 is 4.74 Å². The summed E-state index contributed by atoms with van der Waals surface area (Å²) >= 11 is 0. The van der Waals surface area contributed by atoms with E-state index < -0.39 is 6.04 Å². The molecule has 0 bridgehead atoms. The lowest BCUT2D eigenvalue weighted by atomic mass is 10.1. The number of hydrogen-bond acceptors (Lipinski definition) is 5. The van der Waals surface area contributed by atoms with Gasteiger partial charge >= 0.3 is 12.0 Å². The van der Waals surface area contributed by atoms with Crippen molar-refractivity contribution in [2.75, 3.05) is 32.1 Å². The van der Waals surface area contributed by atoms with Gasteiger partial charge in [0.05, 0.1) is 6.54 Å². The van der Waals surface area contributed by atoms with Crippen LogP contribution >= 0.6 is 0 Å². The third-order valence-electron chi connectivity index (χ3n) is 6.36. The Hall–Kier alpha value is -3.68. The van der Waals surface area contributed by atoms with Gasteiger partial charge in [0, 0.05) is 14.1 Å². The SMILES string of the molecule is Cc1ccc(C)c(COc2ccc(N3CC[N+]4=C3N=C3C4C(=O)N(C)C(=O)N3C)cc2)c1. The summed E-state index contributed by atoms with van der Waals surface area (Å²) in [6.45, 7) is 6.08. The topological polar surface area (TPSA) is 68.5 Å². The fourth-order valence-electron chi connectivity index (χ4n) is 4.42. The Morgan fingerprint density at radius 2 is 1.81 bits per heavy atom. The van der Waals surface area contributed by atoms with Crippen molar-refractivity contribution in [2.24, 2.45) is 4.99 Å². The van der Waals surface area contributed by atoms with Crippen molar-refractivity contribution in [3.63, 3.8) is 0 Å². The maximum absolute atomic E-state index is 12.7. The third kappa shape index (κ3) is 3.14. The molecule has 0 aromatic heterocycles. The van der Waals surface area contributed by atoms with Crippen molar-refractivity contribution in [3.8, 4) is 5.75 Å². The number of nitrogens with zero attached hydrogens (tertiary/aromatic N) is 5. The zero-order valence-corrected chi connectivity index (χ0v) is 18.7. The van der Waals surface area contributed by atoms with Gasteiger partial charge in [-0.05, 0) is 49.2 Å². The van der Waals surface area contributed by atoms with E-state index in [2.05, 4.69) is 41.9 Å². The molecule has 2 aromatic rings. The second-order valence-corrected chi connectivity index (χ2v) is 8.47. The van der Waals surface area contributed by atoms with Gasteiger partial charge in [0.15, 0.2) is 0 Å². The summed E-state index contributed by atoms with van der Waals surface area (Å²) < 4.78 is 7.98. The molecule has 0 N–H and O–H groups in total. The summed E-state index contributed by atoms with van der Waals surface area (Å²) in [5.41, 5.74) is 4.58. The summed E-state index contributed by atoms with van der Waals surface area (Å²) in [6, 6.07) is 13.4. The van der Waals surface area contributed by atoms with Crippen LogP contribution in [0.2, 0.25) is 0 Å². The zero-order valence-electron chi connectivity index (χ0n) is 18.7. The molecule has 0 spiro atoms. The molecule has 1 atom stereocenters. The minimum atomic E-state index is -0.539. The highest BCUT2D eigenvalue weighted by molar-refractivity contribution is 6.24. The molecule has 8 heteroatoms. The molecule has 3 amide bonds. The van der Waals surface area contributed by atoms with Crippen LogP contribution in [0.4, 0.5) is 10.5 Å². The lowest BCUT2D eigenvalue weighted by molar-refractivity contribution is -0.525. The van der Waals surface area contributed by atoms with Gasteiger partial charge in [0.25, 0.3) is 5.91 Å². The molecule has 1 saturated heterocycles. The van der Waals surface area contributed by atoms with Crippen LogP contribution in [0.5, 0.6) is 5.75 Å². The Labute approximate surface area is 187 Å². The van der Waals surface area contributed by atoms with Gasteiger partial charge in [-0.2, -0.15) is 0 Å². The number of rotatable bonds is 4.